The molecule has 1 N–H and O–H groups in total. The van der Waals surface area contributed by atoms with Gasteiger partial charge in [-0.1, -0.05) is 11.6 Å². The minimum Gasteiger partial charge on any atom is -0.378 e. The second-order valence-corrected chi connectivity index (χ2v) is 6.69. The lowest BCUT2D eigenvalue weighted by Crippen LogP contribution is -2.05. The van der Waals surface area contributed by atoms with Gasteiger partial charge in [0.05, 0.1) is 11.1 Å². The van der Waals surface area contributed by atoms with Gasteiger partial charge in [0.25, 0.3) is 0 Å². The Bertz CT molecular complexity index is 527. The topological polar surface area (TPSA) is 12.0 Å². The van der Waals surface area contributed by atoms with E-state index in [2.05, 4.69) is 55.5 Å². The lowest BCUT2D eigenvalue weighted by atomic mass is 10.2. The first-order valence-electron chi connectivity index (χ1n) is 5.02. The third-order valence-electron chi connectivity index (χ3n) is 2.34. The monoisotopic (exact) mass is 393 g/mol. The standard InChI is InChI=1S/C12H10Br2ClNS/c1-7(12-10(14)4-5-17-12)16-8-2-3-9(13)11(15)6-8/h2-7,16H,1H3. The highest BCUT2D eigenvalue weighted by atomic mass is 79.9. The van der Waals surface area contributed by atoms with Crippen LogP contribution in [-0.4, -0.2) is 0 Å². The van der Waals surface area contributed by atoms with E-state index in [0.29, 0.717) is 5.02 Å². The fourth-order valence-corrected chi connectivity index (χ4v) is 3.67. The minimum atomic E-state index is 0.251. The molecule has 0 spiro atoms. The third-order valence-corrected chi connectivity index (χ3v) is 5.63. The van der Waals surface area contributed by atoms with Crippen LogP contribution >= 0.6 is 54.8 Å². The second kappa shape index (κ2) is 5.74. The molecular formula is C12H10Br2ClNS. The molecule has 1 atom stereocenters. The molecule has 0 aliphatic heterocycles. The van der Waals surface area contributed by atoms with E-state index < -0.39 is 0 Å². The molecule has 1 aromatic heterocycles. The molecule has 5 heteroatoms. The molecule has 0 bridgehead atoms. The molecule has 0 fully saturated rings. The van der Waals surface area contributed by atoms with Crippen LogP contribution in [0.5, 0.6) is 0 Å². The van der Waals surface area contributed by atoms with Gasteiger partial charge in [-0.05, 0) is 68.4 Å². The average Bonchev–Trinajstić information content (AvgIpc) is 2.70. The van der Waals surface area contributed by atoms with E-state index >= 15 is 0 Å². The predicted octanol–water partition coefficient (Wildman–Crippen LogP) is 6.10. The summed E-state index contributed by atoms with van der Waals surface area (Å²) >= 11 is 14.7. The number of hydrogen-bond donors (Lipinski definition) is 1. The molecule has 0 saturated carbocycles. The quantitative estimate of drug-likeness (QED) is 0.662. The SMILES string of the molecule is CC(Nc1ccc(Br)c(Cl)c1)c1sccc1Br. The van der Waals surface area contributed by atoms with Crippen LogP contribution in [0.25, 0.3) is 0 Å². The Morgan fingerprint density at radius 2 is 2.00 bits per heavy atom. The van der Waals surface area contributed by atoms with Crippen molar-refractivity contribution in [3.8, 4) is 0 Å². The van der Waals surface area contributed by atoms with Crippen molar-refractivity contribution in [1.29, 1.82) is 0 Å². The van der Waals surface area contributed by atoms with Crippen molar-refractivity contribution in [3.63, 3.8) is 0 Å². The molecule has 0 aliphatic carbocycles. The average molecular weight is 396 g/mol. The Balaban J connectivity index is 2.16. The fourth-order valence-electron chi connectivity index (χ4n) is 1.52. The number of benzene rings is 1. The highest BCUT2D eigenvalue weighted by Gasteiger charge is 2.11. The molecule has 1 aromatic carbocycles. The number of thiophene rings is 1. The maximum atomic E-state index is 6.06. The summed E-state index contributed by atoms with van der Waals surface area (Å²) in [5.41, 5.74) is 1.02. The van der Waals surface area contributed by atoms with Gasteiger partial charge in [-0.15, -0.1) is 11.3 Å². The van der Waals surface area contributed by atoms with Gasteiger partial charge >= 0.3 is 0 Å². The first kappa shape index (κ1) is 13.4. The maximum absolute atomic E-state index is 6.06. The Hall–Kier alpha value is -0.0300. The van der Waals surface area contributed by atoms with Gasteiger partial charge in [-0.3, -0.25) is 0 Å². The molecule has 2 aromatic rings. The van der Waals surface area contributed by atoms with Gasteiger partial charge in [0, 0.05) is 19.5 Å². The van der Waals surface area contributed by atoms with E-state index in [0.717, 1.165) is 14.6 Å². The molecule has 1 heterocycles. The number of halogens is 3. The summed E-state index contributed by atoms with van der Waals surface area (Å²) in [5, 5.41) is 6.22. The van der Waals surface area contributed by atoms with Crippen LogP contribution in [0.4, 0.5) is 5.69 Å². The Morgan fingerprint density at radius 1 is 1.24 bits per heavy atom. The third kappa shape index (κ3) is 3.25. The Kier molecular flexibility index (Phi) is 4.53. The number of nitrogens with one attached hydrogen (secondary N) is 1. The highest BCUT2D eigenvalue weighted by Crippen LogP contribution is 2.32. The van der Waals surface area contributed by atoms with Crippen LogP contribution in [0.2, 0.25) is 5.02 Å². The lowest BCUT2D eigenvalue weighted by molar-refractivity contribution is 0.903. The van der Waals surface area contributed by atoms with Crippen LogP contribution in [0, 0.1) is 0 Å². The highest BCUT2D eigenvalue weighted by molar-refractivity contribution is 9.10. The Morgan fingerprint density at radius 3 is 2.59 bits per heavy atom. The summed E-state index contributed by atoms with van der Waals surface area (Å²) in [6.07, 6.45) is 0. The fraction of sp³-hybridized carbons (Fsp3) is 0.167. The predicted molar refractivity (Wildman–Crippen MR) is 83.2 cm³/mol. The van der Waals surface area contributed by atoms with Gasteiger partial charge in [-0.2, -0.15) is 0 Å². The van der Waals surface area contributed by atoms with Crippen LogP contribution in [0.15, 0.2) is 38.6 Å². The van der Waals surface area contributed by atoms with E-state index in [9.17, 15) is 0 Å². The summed E-state index contributed by atoms with van der Waals surface area (Å²) in [7, 11) is 0. The van der Waals surface area contributed by atoms with E-state index in [-0.39, 0.29) is 6.04 Å². The van der Waals surface area contributed by atoms with Crippen molar-refractivity contribution < 1.29 is 0 Å². The number of anilines is 1. The summed E-state index contributed by atoms with van der Waals surface area (Å²) in [5.74, 6) is 0. The van der Waals surface area contributed by atoms with E-state index in [1.54, 1.807) is 11.3 Å². The van der Waals surface area contributed by atoms with Gasteiger partial charge < -0.3 is 5.32 Å². The van der Waals surface area contributed by atoms with E-state index in [1.165, 1.54) is 4.88 Å². The zero-order valence-corrected chi connectivity index (χ0v) is 13.8. The smallest absolute Gasteiger partial charge is 0.0589 e. The molecular weight excluding hydrogens is 385 g/mol. The largest absolute Gasteiger partial charge is 0.378 e. The van der Waals surface area contributed by atoms with Crippen molar-refractivity contribution in [3.05, 3.63) is 48.5 Å². The summed E-state index contributed by atoms with van der Waals surface area (Å²) in [6, 6.07) is 8.19. The first-order chi connectivity index (χ1) is 8.08. The molecule has 90 valence electrons. The molecule has 0 radical (unpaired) electrons. The van der Waals surface area contributed by atoms with Crippen LogP contribution in [0.1, 0.15) is 17.8 Å². The summed E-state index contributed by atoms with van der Waals surface area (Å²) < 4.78 is 2.06. The van der Waals surface area contributed by atoms with Crippen molar-refractivity contribution in [1.82, 2.24) is 0 Å². The zero-order valence-electron chi connectivity index (χ0n) is 9.01. The van der Waals surface area contributed by atoms with Gasteiger partial charge in [0.1, 0.15) is 0 Å². The normalized spacial score (nSPS) is 12.5. The van der Waals surface area contributed by atoms with Crippen molar-refractivity contribution in [2.75, 3.05) is 5.32 Å². The molecule has 0 amide bonds. The van der Waals surface area contributed by atoms with Crippen LogP contribution < -0.4 is 5.32 Å². The Labute approximate surface area is 126 Å². The molecule has 0 aliphatic rings. The molecule has 0 saturated heterocycles. The first-order valence-corrected chi connectivity index (χ1v) is 7.87. The van der Waals surface area contributed by atoms with E-state index in [1.807, 2.05) is 18.2 Å². The molecule has 1 nitrogen and oxygen atoms in total. The van der Waals surface area contributed by atoms with Crippen molar-refractivity contribution in [2.45, 2.75) is 13.0 Å². The zero-order chi connectivity index (χ0) is 12.4. The van der Waals surface area contributed by atoms with Crippen LogP contribution in [-0.2, 0) is 0 Å². The maximum Gasteiger partial charge on any atom is 0.0589 e. The summed E-state index contributed by atoms with van der Waals surface area (Å²) in [4.78, 5) is 1.28. The van der Waals surface area contributed by atoms with Crippen molar-refractivity contribution >= 4 is 60.5 Å². The van der Waals surface area contributed by atoms with E-state index in [4.69, 9.17) is 11.6 Å². The molecule has 2 rings (SSSR count). The summed E-state index contributed by atoms with van der Waals surface area (Å²) in [6.45, 7) is 2.13. The number of rotatable bonds is 3. The number of hydrogen-bond acceptors (Lipinski definition) is 2. The minimum absolute atomic E-state index is 0.251. The second-order valence-electron chi connectivity index (χ2n) is 3.63. The van der Waals surface area contributed by atoms with Crippen molar-refractivity contribution in [2.24, 2.45) is 0 Å². The van der Waals surface area contributed by atoms with Gasteiger partial charge in [0.15, 0.2) is 0 Å². The molecule has 1 unspecified atom stereocenters. The van der Waals surface area contributed by atoms with Crippen LogP contribution in [0.3, 0.4) is 0 Å². The molecule has 17 heavy (non-hydrogen) atoms. The van der Waals surface area contributed by atoms with Gasteiger partial charge in [0.2, 0.25) is 0 Å². The lowest BCUT2D eigenvalue weighted by Gasteiger charge is -2.15. The van der Waals surface area contributed by atoms with Gasteiger partial charge in [-0.25, -0.2) is 0 Å².